The van der Waals surface area contributed by atoms with Gasteiger partial charge in [0.2, 0.25) is 0 Å². The van der Waals surface area contributed by atoms with E-state index in [1.54, 1.807) is 35.9 Å². The summed E-state index contributed by atoms with van der Waals surface area (Å²) >= 11 is 0. The van der Waals surface area contributed by atoms with Crippen molar-refractivity contribution in [2.24, 2.45) is 0 Å². The zero-order chi connectivity index (χ0) is 21.6. The maximum Gasteiger partial charge on any atom is 0.275 e. The molecule has 1 aromatic heterocycles. The number of nitrogens with one attached hydrogen (secondary N) is 2. The van der Waals surface area contributed by atoms with E-state index in [0.717, 1.165) is 18.4 Å². The van der Waals surface area contributed by atoms with Gasteiger partial charge < -0.3 is 15.4 Å². The summed E-state index contributed by atoms with van der Waals surface area (Å²) < 4.78 is 22.3. The number of carbonyl (C=O) groups is 2. The third-order valence-corrected chi connectivity index (χ3v) is 5.87. The first-order valence-electron chi connectivity index (χ1n) is 10.1. The topological polar surface area (TPSA) is 85.2 Å². The van der Waals surface area contributed by atoms with Crippen molar-refractivity contribution >= 4 is 17.5 Å². The van der Waals surface area contributed by atoms with Crippen LogP contribution in [0.1, 0.15) is 34.6 Å². The van der Waals surface area contributed by atoms with Gasteiger partial charge in [-0.15, -0.1) is 0 Å². The molecule has 0 radical (unpaired) electrons. The molecule has 2 N–H and O–H groups in total. The minimum atomic E-state index is -0.978. The third kappa shape index (κ3) is 3.24. The fourth-order valence-corrected chi connectivity index (χ4v) is 4.03. The molecule has 8 heteroatoms. The molecule has 7 nitrogen and oxygen atoms in total. The van der Waals surface area contributed by atoms with E-state index in [2.05, 4.69) is 15.7 Å². The molecular formula is C23H21FN4O3. The summed E-state index contributed by atoms with van der Waals surface area (Å²) in [6.07, 6.45) is 1.63. The Morgan fingerprint density at radius 1 is 1.19 bits per heavy atom. The molecule has 3 aromatic rings. The van der Waals surface area contributed by atoms with Crippen molar-refractivity contribution in [1.82, 2.24) is 15.1 Å². The minimum absolute atomic E-state index is 0.0656. The maximum absolute atomic E-state index is 15.0. The Labute approximate surface area is 178 Å². The van der Waals surface area contributed by atoms with Gasteiger partial charge in [-0.1, -0.05) is 42.5 Å². The molecule has 1 aliphatic carbocycles. The van der Waals surface area contributed by atoms with E-state index in [9.17, 15) is 9.59 Å². The number of fused-ring (bicyclic) bond motifs is 1. The normalized spacial score (nSPS) is 18.9. The number of amides is 2. The first kappa shape index (κ1) is 19.3. The molecule has 31 heavy (non-hydrogen) atoms. The quantitative estimate of drug-likeness (QED) is 0.680. The van der Waals surface area contributed by atoms with Gasteiger partial charge in [0.25, 0.3) is 11.8 Å². The van der Waals surface area contributed by atoms with Crippen LogP contribution in [0.15, 0.2) is 54.6 Å². The van der Waals surface area contributed by atoms with Gasteiger partial charge in [0.15, 0.2) is 11.5 Å². The van der Waals surface area contributed by atoms with Crippen LogP contribution >= 0.6 is 0 Å². The zero-order valence-corrected chi connectivity index (χ0v) is 16.9. The van der Waals surface area contributed by atoms with Crippen LogP contribution in [0.5, 0.6) is 5.75 Å². The number of rotatable bonds is 4. The van der Waals surface area contributed by atoms with Crippen LogP contribution in [0.2, 0.25) is 0 Å². The van der Waals surface area contributed by atoms with Crippen molar-refractivity contribution < 1.29 is 18.7 Å². The van der Waals surface area contributed by atoms with Gasteiger partial charge in [-0.25, -0.2) is 4.39 Å². The molecule has 1 saturated carbocycles. The van der Waals surface area contributed by atoms with E-state index in [1.807, 2.05) is 30.3 Å². The Hall–Kier alpha value is -3.68. The number of nitrogens with zero attached hydrogens (tertiary/aromatic N) is 2. The lowest BCUT2D eigenvalue weighted by Crippen LogP contribution is -2.46. The number of aromatic nitrogens is 2. The molecule has 0 spiro atoms. The molecular weight excluding hydrogens is 399 g/mol. The monoisotopic (exact) mass is 420 g/mol. The summed E-state index contributed by atoms with van der Waals surface area (Å²) in [7, 11) is 0. The van der Waals surface area contributed by atoms with Crippen molar-refractivity contribution in [3.05, 3.63) is 77.4 Å². The Balaban J connectivity index is 1.39. The number of benzene rings is 2. The lowest BCUT2D eigenvalue weighted by molar-refractivity contribution is -0.118. The van der Waals surface area contributed by atoms with Crippen LogP contribution in [0.4, 0.5) is 10.1 Å². The summed E-state index contributed by atoms with van der Waals surface area (Å²) in [4.78, 5) is 25.4. The number of hydrogen-bond acceptors (Lipinski definition) is 4. The molecule has 5 rings (SSSR count). The van der Waals surface area contributed by atoms with E-state index in [1.165, 1.54) is 0 Å². The average molecular weight is 420 g/mol. The lowest BCUT2D eigenvalue weighted by Gasteiger charge is -2.18. The van der Waals surface area contributed by atoms with Crippen LogP contribution < -0.4 is 15.4 Å². The van der Waals surface area contributed by atoms with Gasteiger partial charge in [-0.05, 0) is 37.5 Å². The Morgan fingerprint density at radius 2 is 1.90 bits per heavy atom. The highest BCUT2D eigenvalue weighted by Crippen LogP contribution is 2.49. The molecule has 1 atom stereocenters. The standard InChI is InChI=1S/C23H21FN4O3/c1-14-19(24)20(27-28(14)23(11-12-23)15-7-3-2-4-8-15)22(30)26-17-13-31-18-10-6-5-9-16(18)25-21(17)29/h2-10,17H,11-13H2,1H3,(H,25,29)(H,26,30)/t17-/m0/s1. The van der Waals surface area contributed by atoms with Crippen LogP contribution in [0.3, 0.4) is 0 Å². The van der Waals surface area contributed by atoms with E-state index < -0.39 is 29.2 Å². The summed E-state index contributed by atoms with van der Waals surface area (Å²) in [5.74, 6) is -1.36. The van der Waals surface area contributed by atoms with Crippen LogP contribution in [-0.2, 0) is 10.3 Å². The van der Waals surface area contributed by atoms with Gasteiger partial charge in [-0.3, -0.25) is 14.3 Å². The van der Waals surface area contributed by atoms with E-state index >= 15 is 4.39 Å². The van der Waals surface area contributed by atoms with Crippen LogP contribution in [-0.4, -0.2) is 34.2 Å². The highest BCUT2D eigenvalue weighted by atomic mass is 19.1. The van der Waals surface area contributed by atoms with Crippen molar-refractivity contribution in [2.45, 2.75) is 31.3 Å². The summed E-state index contributed by atoms with van der Waals surface area (Å²) in [5, 5.41) is 9.61. The smallest absolute Gasteiger partial charge is 0.275 e. The summed E-state index contributed by atoms with van der Waals surface area (Å²) in [5.41, 5.74) is 1.08. The van der Waals surface area contributed by atoms with E-state index in [-0.39, 0.29) is 12.3 Å². The fraction of sp³-hybridized carbons (Fsp3) is 0.261. The lowest BCUT2D eigenvalue weighted by atomic mass is 10.1. The van der Waals surface area contributed by atoms with Gasteiger partial charge in [0, 0.05) is 0 Å². The molecule has 1 aliphatic heterocycles. The molecule has 0 bridgehead atoms. The SMILES string of the molecule is Cc1c(F)c(C(=O)N[C@H]2COc3ccccc3NC2=O)nn1C1(c2ccccc2)CC1. The second kappa shape index (κ2) is 7.23. The second-order valence-electron chi connectivity index (χ2n) is 7.88. The van der Waals surface area contributed by atoms with E-state index in [0.29, 0.717) is 17.1 Å². The Bertz CT molecular complexity index is 1170. The molecule has 158 valence electrons. The molecule has 2 aromatic carbocycles. The number of para-hydroxylation sites is 2. The van der Waals surface area contributed by atoms with Crippen LogP contribution in [0, 0.1) is 12.7 Å². The zero-order valence-electron chi connectivity index (χ0n) is 16.9. The second-order valence-corrected chi connectivity index (χ2v) is 7.88. The minimum Gasteiger partial charge on any atom is -0.489 e. The first-order chi connectivity index (χ1) is 15.0. The third-order valence-electron chi connectivity index (χ3n) is 5.87. The maximum atomic E-state index is 15.0. The fourth-order valence-electron chi connectivity index (χ4n) is 4.03. The Morgan fingerprint density at radius 3 is 2.65 bits per heavy atom. The summed E-state index contributed by atoms with van der Waals surface area (Å²) in [6.45, 7) is 1.55. The van der Waals surface area contributed by atoms with Crippen molar-refractivity contribution in [3.8, 4) is 5.75 Å². The van der Waals surface area contributed by atoms with E-state index in [4.69, 9.17) is 4.74 Å². The average Bonchev–Trinajstić information content (AvgIpc) is 3.55. The molecule has 2 heterocycles. The highest BCUT2D eigenvalue weighted by Gasteiger charge is 2.49. The number of hydrogen-bond donors (Lipinski definition) is 2. The molecule has 1 fully saturated rings. The van der Waals surface area contributed by atoms with Gasteiger partial charge in [0.1, 0.15) is 18.4 Å². The molecule has 2 amide bonds. The van der Waals surface area contributed by atoms with Gasteiger partial charge in [-0.2, -0.15) is 5.10 Å². The van der Waals surface area contributed by atoms with Gasteiger partial charge in [0.05, 0.1) is 16.9 Å². The molecule has 2 aliphatic rings. The van der Waals surface area contributed by atoms with Crippen LogP contribution in [0.25, 0.3) is 0 Å². The Kier molecular flexibility index (Phi) is 4.50. The largest absolute Gasteiger partial charge is 0.489 e. The van der Waals surface area contributed by atoms with Crippen molar-refractivity contribution in [3.63, 3.8) is 0 Å². The highest BCUT2D eigenvalue weighted by molar-refractivity contribution is 6.01. The number of ether oxygens (including phenoxy) is 1. The number of anilines is 1. The molecule has 0 saturated heterocycles. The van der Waals surface area contributed by atoms with Gasteiger partial charge >= 0.3 is 0 Å². The predicted molar refractivity (Wildman–Crippen MR) is 111 cm³/mol. The molecule has 0 unspecified atom stereocenters. The number of halogens is 1. The van der Waals surface area contributed by atoms with Crippen molar-refractivity contribution in [1.29, 1.82) is 0 Å². The predicted octanol–water partition coefficient (Wildman–Crippen LogP) is 3.00. The summed E-state index contributed by atoms with van der Waals surface area (Å²) in [6, 6.07) is 15.8. The van der Waals surface area contributed by atoms with Crippen molar-refractivity contribution in [2.75, 3.05) is 11.9 Å². The first-order valence-corrected chi connectivity index (χ1v) is 10.1. The number of carbonyl (C=O) groups excluding carboxylic acids is 2.